The van der Waals surface area contributed by atoms with Crippen LogP contribution in [0.2, 0.25) is 0 Å². The Balaban J connectivity index is 2.79. The van der Waals surface area contributed by atoms with Gasteiger partial charge in [0.25, 0.3) is 0 Å². The average molecular weight is 315 g/mol. The normalized spacial score (nSPS) is 11.4. The molecule has 1 rings (SSSR count). The number of benzene rings is 1. The second-order valence-corrected chi connectivity index (χ2v) is 5.34. The van der Waals surface area contributed by atoms with Crippen LogP contribution >= 0.6 is 15.9 Å². The van der Waals surface area contributed by atoms with Crippen molar-refractivity contribution in [3.8, 4) is 11.5 Å². The summed E-state index contributed by atoms with van der Waals surface area (Å²) in [5.41, 5.74) is 1.38. The minimum Gasteiger partial charge on any atom is -0.493 e. The lowest BCUT2D eigenvalue weighted by Crippen LogP contribution is -2.29. The highest BCUT2D eigenvalue weighted by molar-refractivity contribution is 9.09. The molecule has 0 radical (unpaired) electrons. The first kappa shape index (κ1) is 15.4. The maximum atomic E-state index is 5.97. The number of ether oxygens (including phenoxy) is 2. The quantitative estimate of drug-likeness (QED) is 0.686. The monoisotopic (exact) mass is 314 g/mol. The topological polar surface area (TPSA) is 18.5 Å². The van der Waals surface area contributed by atoms with Gasteiger partial charge in [0.1, 0.15) is 0 Å². The van der Waals surface area contributed by atoms with Gasteiger partial charge in [-0.2, -0.15) is 0 Å². The molecule has 0 saturated carbocycles. The SMILES string of the molecule is CCC(CC)(CBr)COc1ccc(C)cc1OC. The zero-order valence-electron chi connectivity index (χ0n) is 11.8. The van der Waals surface area contributed by atoms with Gasteiger partial charge < -0.3 is 9.47 Å². The predicted molar refractivity (Wildman–Crippen MR) is 80.0 cm³/mol. The molecule has 1 aromatic carbocycles. The smallest absolute Gasteiger partial charge is 0.161 e. The van der Waals surface area contributed by atoms with Gasteiger partial charge in [0.2, 0.25) is 0 Å². The minimum atomic E-state index is 0.204. The van der Waals surface area contributed by atoms with Crippen LogP contribution in [-0.2, 0) is 0 Å². The van der Waals surface area contributed by atoms with Crippen molar-refractivity contribution in [1.82, 2.24) is 0 Å². The van der Waals surface area contributed by atoms with E-state index in [1.165, 1.54) is 5.56 Å². The van der Waals surface area contributed by atoms with Crippen LogP contribution in [0.5, 0.6) is 11.5 Å². The van der Waals surface area contributed by atoms with E-state index in [9.17, 15) is 0 Å². The summed E-state index contributed by atoms with van der Waals surface area (Å²) < 4.78 is 11.3. The summed E-state index contributed by atoms with van der Waals surface area (Å²) in [6.07, 6.45) is 2.20. The molecule has 0 aromatic heterocycles. The van der Waals surface area contributed by atoms with Crippen molar-refractivity contribution in [2.45, 2.75) is 33.6 Å². The third kappa shape index (κ3) is 3.64. The highest BCUT2D eigenvalue weighted by Crippen LogP contribution is 2.33. The first-order valence-electron chi connectivity index (χ1n) is 6.44. The lowest BCUT2D eigenvalue weighted by molar-refractivity contribution is 0.153. The van der Waals surface area contributed by atoms with Gasteiger partial charge in [-0.25, -0.2) is 0 Å². The van der Waals surface area contributed by atoms with Gasteiger partial charge in [0, 0.05) is 10.7 Å². The molecule has 0 aliphatic heterocycles. The highest BCUT2D eigenvalue weighted by atomic mass is 79.9. The molecule has 2 nitrogen and oxygen atoms in total. The number of hydrogen-bond donors (Lipinski definition) is 0. The van der Waals surface area contributed by atoms with Gasteiger partial charge in [-0.3, -0.25) is 0 Å². The van der Waals surface area contributed by atoms with E-state index in [0.29, 0.717) is 6.61 Å². The fraction of sp³-hybridized carbons (Fsp3) is 0.600. The predicted octanol–water partition coefficient (Wildman–Crippen LogP) is 4.58. The highest BCUT2D eigenvalue weighted by Gasteiger charge is 2.26. The lowest BCUT2D eigenvalue weighted by atomic mass is 9.86. The molecule has 0 atom stereocenters. The van der Waals surface area contributed by atoms with Crippen LogP contribution in [0.3, 0.4) is 0 Å². The van der Waals surface area contributed by atoms with Crippen LogP contribution in [-0.4, -0.2) is 19.0 Å². The molecule has 3 heteroatoms. The van der Waals surface area contributed by atoms with Gasteiger partial charge in [-0.15, -0.1) is 0 Å². The standard InChI is InChI=1S/C15H23BrO2/c1-5-15(6-2,10-16)11-18-13-8-7-12(3)9-14(13)17-4/h7-9H,5-6,10-11H2,1-4H3. The van der Waals surface area contributed by atoms with Gasteiger partial charge >= 0.3 is 0 Å². The molecule has 0 aliphatic carbocycles. The number of rotatable bonds is 7. The van der Waals surface area contributed by atoms with Crippen LogP contribution in [0.1, 0.15) is 32.3 Å². The van der Waals surface area contributed by atoms with Gasteiger partial charge in [-0.1, -0.05) is 35.8 Å². The Morgan fingerprint density at radius 1 is 1.17 bits per heavy atom. The summed E-state index contributed by atoms with van der Waals surface area (Å²) in [5, 5.41) is 0.960. The summed E-state index contributed by atoms with van der Waals surface area (Å²) in [5.74, 6) is 1.64. The first-order chi connectivity index (χ1) is 8.60. The van der Waals surface area contributed by atoms with Crippen molar-refractivity contribution in [3.05, 3.63) is 23.8 Å². The molecule has 0 aliphatic rings. The summed E-state index contributed by atoms with van der Waals surface area (Å²) >= 11 is 3.60. The largest absolute Gasteiger partial charge is 0.493 e. The maximum absolute atomic E-state index is 5.97. The molecular weight excluding hydrogens is 292 g/mol. The van der Waals surface area contributed by atoms with E-state index in [-0.39, 0.29) is 5.41 Å². The molecule has 1 aromatic rings. The Bertz CT molecular complexity index is 364. The van der Waals surface area contributed by atoms with Crippen molar-refractivity contribution in [2.24, 2.45) is 5.41 Å². The molecule has 18 heavy (non-hydrogen) atoms. The third-order valence-corrected chi connectivity index (χ3v) is 4.83. The van der Waals surface area contributed by atoms with Crippen molar-refractivity contribution < 1.29 is 9.47 Å². The van der Waals surface area contributed by atoms with Crippen LogP contribution in [0.15, 0.2) is 18.2 Å². The minimum absolute atomic E-state index is 0.204. The molecule has 0 bridgehead atoms. The second-order valence-electron chi connectivity index (χ2n) is 4.78. The van der Waals surface area contributed by atoms with Gasteiger partial charge in [0.15, 0.2) is 11.5 Å². The lowest BCUT2D eigenvalue weighted by Gasteiger charge is -2.29. The summed E-state index contributed by atoms with van der Waals surface area (Å²) in [6.45, 7) is 7.18. The Morgan fingerprint density at radius 2 is 1.83 bits per heavy atom. The number of hydrogen-bond acceptors (Lipinski definition) is 2. The third-order valence-electron chi connectivity index (χ3n) is 3.64. The molecule has 0 saturated heterocycles. The zero-order valence-corrected chi connectivity index (χ0v) is 13.3. The van der Waals surface area contributed by atoms with Crippen molar-refractivity contribution in [1.29, 1.82) is 0 Å². The molecule has 0 unspecified atom stereocenters. The molecule has 0 amide bonds. The van der Waals surface area contributed by atoms with Crippen molar-refractivity contribution in [3.63, 3.8) is 0 Å². The molecule has 0 spiro atoms. The number of halogens is 1. The number of methoxy groups -OCH3 is 1. The molecular formula is C15H23BrO2. The van der Waals surface area contributed by atoms with Crippen LogP contribution in [0.25, 0.3) is 0 Å². The van der Waals surface area contributed by atoms with Crippen LogP contribution < -0.4 is 9.47 Å². The van der Waals surface area contributed by atoms with Crippen LogP contribution in [0.4, 0.5) is 0 Å². The van der Waals surface area contributed by atoms with Crippen molar-refractivity contribution >= 4 is 15.9 Å². The van der Waals surface area contributed by atoms with E-state index in [1.807, 2.05) is 25.1 Å². The van der Waals surface area contributed by atoms with E-state index in [4.69, 9.17) is 9.47 Å². The Kier molecular flexibility index (Phi) is 6.00. The Labute approximate surface area is 119 Å². The zero-order chi connectivity index (χ0) is 13.6. The van der Waals surface area contributed by atoms with E-state index in [0.717, 1.165) is 29.7 Å². The molecule has 0 N–H and O–H groups in total. The van der Waals surface area contributed by atoms with E-state index < -0.39 is 0 Å². The number of aryl methyl sites for hydroxylation is 1. The van der Waals surface area contributed by atoms with E-state index in [2.05, 4.69) is 29.8 Å². The average Bonchev–Trinajstić information content (AvgIpc) is 2.42. The number of alkyl halides is 1. The van der Waals surface area contributed by atoms with E-state index >= 15 is 0 Å². The van der Waals surface area contributed by atoms with Gasteiger partial charge in [-0.05, 0) is 37.5 Å². The molecule has 102 valence electrons. The van der Waals surface area contributed by atoms with E-state index in [1.54, 1.807) is 7.11 Å². The Hall–Kier alpha value is -0.700. The second kappa shape index (κ2) is 7.03. The molecule has 0 fully saturated rings. The van der Waals surface area contributed by atoms with Crippen molar-refractivity contribution in [2.75, 3.05) is 19.0 Å². The molecule has 0 heterocycles. The first-order valence-corrected chi connectivity index (χ1v) is 7.56. The summed E-state index contributed by atoms with van der Waals surface area (Å²) in [7, 11) is 1.68. The summed E-state index contributed by atoms with van der Waals surface area (Å²) in [4.78, 5) is 0. The maximum Gasteiger partial charge on any atom is 0.161 e. The van der Waals surface area contributed by atoms with Crippen LogP contribution in [0, 0.1) is 12.3 Å². The Morgan fingerprint density at radius 3 is 2.33 bits per heavy atom. The fourth-order valence-electron chi connectivity index (χ4n) is 1.81. The fourth-order valence-corrected chi connectivity index (χ4v) is 2.76. The summed E-state index contributed by atoms with van der Waals surface area (Å²) in [6, 6.07) is 6.03. The van der Waals surface area contributed by atoms with Gasteiger partial charge in [0.05, 0.1) is 13.7 Å².